The first-order valence-corrected chi connectivity index (χ1v) is 8.16. The molecule has 1 aliphatic rings. The van der Waals surface area contributed by atoms with Crippen LogP contribution in [0.4, 0.5) is 0 Å². The Labute approximate surface area is 125 Å². The van der Waals surface area contributed by atoms with Gasteiger partial charge in [-0.15, -0.1) is 11.3 Å². The molecule has 1 saturated heterocycles. The fraction of sp³-hybridized carbons (Fsp3) is 0.667. The summed E-state index contributed by atoms with van der Waals surface area (Å²) in [6, 6.07) is 3.93. The first-order valence-electron chi connectivity index (χ1n) is 7.28. The Hall–Kier alpha value is -0.910. The summed E-state index contributed by atoms with van der Waals surface area (Å²) in [5.74, 6) is 0.680. The van der Waals surface area contributed by atoms with Crippen LogP contribution >= 0.6 is 11.3 Å². The Kier molecular flexibility index (Phi) is 5.57. The van der Waals surface area contributed by atoms with Crippen LogP contribution in [0.2, 0.25) is 0 Å². The highest BCUT2D eigenvalue weighted by molar-refractivity contribution is 7.10. The van der Waals surface area contributed by atoms with E-state index in [9.17, 15) is 9.90 Å². The van der Waals surface area contributed by atoms with E-state index in [-0.39, 0.29) is 5.91 Å². The van der Waals surface area contributed by atoms with Crippen LogP contribution in [-0.2, 0) is 4.79 Å². The fourth-order valence-corrected chi connectivity index (χ4v) is 3.18. The van der Waals surface area contributed by atoms with Crippen LogP contribution in [-0.4, -0.2) is 53.5 Å². The van der Waals surface area contributed by atoms with Crippen LogP contribution in [0.5, 0.6) is 0 Å². The smallest absolute Gasteiger partial charge is 0.222 e. The molecule has 1 atom stereocenters. The lowest BCUT2D eigenvalue weighted by Crippen LogP contribution is -2.49. The number of hydrogen-bond acceptors (Lipinski definition) is 4. The molecule has 1 fully saturated rings. The third-order valence-electron chi connectivity index (χ3n) is 3.61. The predicted molar refractivity (Wildman–Crippen MR) is 81.8 cm³/mol. The highest BCUT2D eigenvalue weighted by atomic mass is 32.1. The largest absolute Gasteiger partial charge is 0.386 e. The molecule has 1 N–H and O–H groups in total. The van der Waals surface area contributed by atoms with Crippen LogP contribution < -0.4 is 0 Å². The summed E-state index contributed by atoms with van der Waals surface area (Å²) in [5, 5.41) is 12.1. The van der Waals surface area contributed by atoms with Crippen molar-refractivity contribution in [2.45, 2.75) is 26.4 Å². The summed E-state index contributed by atoms with van der Waals surface area (Å²) < 4.78 is 0. The van der Waals surface area contributed by atoms with Crippen molar-refractivity contribution in [3.63, 3.8) is 0 Å². The van der Waals surface area contributed by atoms with Gasteiger partial charge in [-0.05, 0) is 17.4 Å². The summed E-state index contributed by atoms with van der Waals surface area (Å²) >= 11 is 1.59. The van der Waals surface area contributed by atoms with Crippen molar-refractivity contribution < 1.29 is 9.90 Å². The molecule has 1 aromatic rings. The van der Waals surface area contributed by atoms with Crippen LogP contribution in [0.3, 0.4) is 0 Å². The number of aliphatic hydroxyl groups is 1. The SMILES string of the molecule is CC(C)CC(=O)N1CCN(CC(O)c2cccs2)CC1. The van der Waals surface area contributed by atoms with E-state index in [1.165, 1.54) is 0 Å². The Bertz CT molecular complexity index is 412. The molecule has 2 heterocycles. The number of hydrogen-bond donors (Lipinski definition) is 1. The minimum atomic E-state index is -0.409. The third-order valence-corrected chi connectivity index (χ3v) is 4.58. The number of amides is 1. The highest BCUT2D eigenvalue weighted by Gasteiger charge is 2.23. The first-order chi connectivity index (χ1) is 9.56. The van der Waals surface area contributed by atoms with Gasteiger partial charge in [-0.25, -0.2) is 0 Å². The number of rotatable bonds is 5. The minimum Gasteiger partial charge on any atom is -0.386 e. The molecule has 20 heavy (non-hydrogen) atoms. The normalized spacial score (nSPS) is 18.5. The highest BCUT2D eigenvalue weighted by Crippen LogP contribution is 2.20. The number of aliphatic hydroxyl groups excluding tert-OH is 1. The van der Waals surface area contributed by atoms with E-state index >= 15 is 0 Å². The number of β-amino-alcohol motifs (C(OH)–C–C–N with tert-alkyl or cyclic N) is 1. The van der Waals surface area contributed by atoms with E-state index in [1.54, 1.807) is 11.3 Å². The van der Waals surface area contributed by atoms with Crippen LogP contribution in [0, 0.1) is 5.92 Å². The van der Waals surface area contributed by atoms with E-state index in [0.717, 1.165) is 31.1 Å². The number of carbonyl (C=O) groups is 1. The maximum absolute atomic E-state index is 12.0. The van der Waals surface area contributed by atoms with Crippen molar-refractivity contribution in [3.8, 4) is 0 Å². The van der Waals surface area contributed by atoms with Crippen molar-refractivity contribution in [1.82, 2.24) is 9.80 Å². The topological polar surface area (TPSA) is 43.8 Å². The molecular weight excluding hydrogens is 272 g/mol. The van der Waals surface area contributed by atoms with Crippen LogP contribution in [0.1, 0.15) is 31.2 Å². The van der Waals surface area contributed by atoms with Crippen LogP contribution in [0.25, 0.3) is 0 Å². The monoisotopic (exact) mass is 296 g/mol. The molecular formula is C15H24N2O2S. The summed E-state index contributed by atoms with van der Waals surface area (Å²) in [5.41, 5.74) is 0. The molecule has 2 rings (SSSR count). The zero-order valence-corrected chi connectivity index (χ0v) is 13.1. The lowest BCUT2D eigenvalue weighted by atomic mass is 10.1. The number of piperazine rings is 1. The maximum atomic E-state index is 12.0. The molecule has 1 unspecified atom stereocenters. The lowest BCUT2D eigenvalue weighted by molar-refractivity contribution is -0.133. The van der Waals surface area contributed by atoms with Crippen molar-refractivity contribution in [1.29, 1.82) is 0 Å². The second-order valence-corrected chi connectivity index (χ2v) is 6.79. The molecule has 0 aliphatic carbocycles. The molecule has 112 valence electrons. The summed E-state index contributed by atoms with van der Waals surface area (Å²) in [4.78, 5) is 17.2. The van der Waals surface area contributed by atoms with E-state index in [2.05, 4.69) is 18.7 Å². The van der Waals surface area contributed by atoms with E-state index in [4.69, 9.17) is 0 Å². The molecule has 5 heteroatoms. The van der Waals surface area contributed by atoms with Gasteiger partial charge in [-0.3, -0.25) is 9.69 Å². The van der Waals surface area contributed by atoms with Gasteiger partial charge in [-0.1, -0.05) is 19.9 Å². The molecule has 0 spiro atoms. The summed E-state index contributed by atoms with van der Waals surface area (Å²) in [6.07, 6.45) is 0.227. The van der Waals surface area contributed by atoms with Gasteiger partial charge in [0, 0.05) is 44.0 Å². The average molecular weight is 296 g/mol. The number of carbonyl (C=O) groups excluding carboxylic acids is 1. The zero-order valence-electron chi connectivity index (χ0n) is 12.3. The fourth-order valence-electron chi connectivity index (χ4n) is 2.47. The Morgan fingerprint density at radius 1 is 1.35 bits per heavy atom. The van der Waals surface area contributed by atoms with Gasteiger partial charge in [0.1, 0.15) is 6.10 Å². The number of thiophene rings is 1. The molecule has 0 radical (unpaired) electrons. The van der Waals surface area contributed by atoms with Gasteiger partial charge in [0.25, 0.3) is 0 Å². The second kappa shape index (κ2) is 7.20. The van der Waals surface area contributed by atoms with Gasteiger partial charge >= 0.3 is 0 Å². The Balaban J connectivity index is 1.75. The van der Waals surface area contributed by atoms with Crippen molar-refractivity contribution >= 4 is 17.2 Å². The van der Waals surface area contributed by atoms with Crippen molar-refractivity contribution in [3.05, 3.63) is 22.4 Å². The molecule has 0 aromatic carbocycles. The van der Waals surface area contributed by atoms with Crippen molar-refractivity contribution in [2.75, 3.05) is 32.7 Å². The molecule has 1 aromatic heterocycles. The van der Waals surface area contributed by atoms with E-state index < -0.39 is 6.10 Å². The molecule has 0 saturated carbocycles. The van der Waals surface area contributed by atoms with Gasteiger partial charge in [0.05, 0.1) is 0 Å². The Morgan fingerprint density at radius 3 is 2.60 bits per heavy atom. The minimum absolute atomic E-state index is 0.262. The van der Waals surface area contributed by atoms with Crippen molar-refractivity contribution in [2.24, 2.45) is 5.92 Å². The quantitative estimate of drug-likeness (QED) is 0.903. The van der Waals surface area contributed by atoms with Gasteiger partial charge < -0.3 is 10.0 Å². The molecule has 1 aliphatic heterocycles. The molecule has 0 bridgehead atoms. The number of nitrogens with zero attached hydrogens (tertiary/aromatic N) is 2. The van der Waals surface area contributed by atoms with Gasteiger partial charge in [0.2, 0.25) is 5.91 Å². The first kappa shape index (κ1) is 15.5. The lowest BCUT2D eigenvalue weighted by Gasteiger charge is -2.35. The summed E-state index contributed by atoms with van der Waals surface area (Å²) in [7, 11) is 0. The van der Waals surface area contributed by atoms with Gasteiger partial charge in [0.15, 0.2) is 0 Å². The summed E-state index contributed by atoms with van der Waals surface area (Å²) in [6.45, 7) is 8.08. The molecule has 4 nitrogen and oxygen atoms in total. The van der Waals surface area contributed by atoms with E-state index in [0.29, 0.717) is 18.9 Å². The second-order valence-electron chi connectivity index (χ2n) is 5.81. The zero-order chi connectivity index (χ0) is 14.5. The van der Waals surface area contributed by atoms with Gasteiger partial charge in [-0.2, -0.15) is 0 Å². The average Bonchev–Trinajstić information content (AvgIpc) is 2.92. The molecule has 1 amide bonds. The maximum Gasteiger partial charge on any atom is 0.222 e. The third kappa shape index (κ3) is 4.30. The van der Waals surface area contributed by atoms with Crippen LogP contribution in [0.15, 0.2) is 17.5 Å². The van der Waals surface area contributed by atoms with E-state index in [1.807, 2.05) is 22.4 Å². The predicted octanol–water partition coefficient (Wildman–Crippen LogP) is 1.97. The standard InChI is InChI=1S/C15H24N2O2S/c1-12(2)10-15(19)17-7-5-16(6-8-17)11-13(18)14-4-3-9-20-14/h3-4,9,12-13,18H,5-8,10-11H2,1-2H3. The Morgan fingerprint density at radius 2 is 2.05 bits per heavy atom.